The molecule has 2 aromatic rings. The van der Waals surface area contributed by atoms with Crippen LogP contribution >= 0.6 is 23.2 Å². The van der Waals surface area contributed by atoms with Gasteiger partial charge in [0.05, 0.1) is 33.7 Å². The number of rotatable bonds is 8. The first kappa shape index (κ1) is 20.0. The van der Waals surface area contributed by atoms with Crippen molar-refractivity contribution in [2.45, 2.75) is 12.8 Å². The molecule has 2 aromatic carbocycles. The van der Waals surface area contributed by atoms with E-state index in [9.17, 15) is 9.59 Å². The van der Waals surface area contributed by atoms with Crippen LogP contribution in [-0.4, -0.2) is 24.9 Å². The molecule has 5 N–H and O–H groups in total. The lowest BCUT2D eigenvalue weighted by molar-refractivity contribution is -0.116. The molecule has 0 atom stereocenters. The minimum atomic E-state index is -0.262. The second kappa shape index (κ2) is 10.0. The molecule has 2 amide bonds. The molecule has 8 heteroatoms. The number of nitrogens with one attached hydrogen (secondary N) is 3. The second-order valence-corrected chi connectivity index (χ2v) is 6.37. The van der Waals surface area contributed by atoms with E-state index in [4.69, 9.17) is 28.9 Å². The first-order valence-corrected chi connectivity index (χ1v) is 8.82. The van der Waals surface area contributed by atoms with E-state index in [0.29, 0.717) is 46.5 Å². The SMILES string of the molecule is Nc1ccccc1NC(=O)CCCNCC(=O)Nc1c(Cl)cccc1Cl. The van der Waals surface area contributed by atoms with Crippen LogP contribution in [0.5, 0.6) is 0 Å². The molecule has 0 fully saturated rings. The van der Waals surface area contributed by atoms with E-state index >= 15 is 0 Å². The summed E-state index contributed by atoms with van der Waals surface area (Å²) >= 11 is 12.0. The zero-order valence-corrected chi connectivity index (χ0v) is 15.5. The number of carbonyl (C=O) groups excluding carboxylic acids is 2. The number of carbonyl (C=O) groups is 2. The number of amides is 2. The van der Waals surface area contributed by atoms with Crippen molar-refractivity contribution in [3.05, 3.63) is 52.5 Å². The molecule has 0 radical (unpaired) electrons. The van der Waals surface area contributed by atoms with Gasteiger partial charge in [0.2, 0.25) is 11.8 Å². The standard InChI is InChI=1S/C18H20Cl2N4O2/c19-12-5-3-6-13(20)18(12)24-17(26)11-22-10-4-9-16(25)23-15-8-2-1-7-14(15)21/h1-3,5-8,22H,4,9-11,21H2,(H,23,25)(H,24,26). The largest absolute Gasteiger partial charge is 0.397 e. The topological polar surface area (TPSA) is 96.2 Å². The van der Waals surface area contributed by atoms with Gasteiger partial charge in [0.1, 0.15) is 0 Å². The number of nitrogens with two attached hydrogens (primary N) is 1. The van der Waals surface area contributed by atoms with Crippen molar-refractivity contribution in [2.24, 2.45) is 0 Å². The van der Waals surface area contributed by atoms with Crippen LogP contribution in [0.15, 0.2) is 42.5 Å². The Morgan fingerprint density at radius 2 is 1.62 bits per heavy atom. The molecule has 0 aliphatic heterocycles. The Labute approximate surface area is 162 Å². The summed E-state index contributed by atoms with van der Waals surface area (Å²) in [5, 5.41) is 9.14. The third kappa shape index (κ3) is 6.22. The van der Waals surface area contributed by atoms with Crippen LogP contribution in [-0.2, 0) is 9.59 Å². The molecule has 0 bridgehead atoms. The number of anilines is 3. The molecule has 0 saturated heterocycles. The van der Waals surface area contributed by atoms with E-state index in [0.717, 1.165) is 0 Å². The molecular weight excluding hydrogens is 375 g/mol. The maximum atomic E-state index is 11.9. The summed E-state index contributed by atoms with van der Waals surface area (Å²) in [5.74, 6) is -0.390. The summed E-state index contributed by atoms with van der Waals surface area (Å²) in [6, 6.07) is 12.1. The first-order chi connectivity index (χ1) is 12.5. The van der Waals surface area contributed by atoms with Gasteiger partial charge in [-0.1, -0.05) is 41.4 Å². The van der Waals surface area contributed by atoms with Gasteiger partial charge < -0.3 is 21.7 Å². The van der Waals surface area contributed by atoms with Crippen molar-refractivity contribution in [2.75, 3.05) is 29.5 Å². The summed E-state index contributed by atoms with van der Waals surface area (Å²) in [6.07, 6.45) is 0.901. The summed E-state index contributed by atoms with van der Waals surface area (Å²) in [7, 11) is 0. The molecule has 0 unspecified atom stereocenters. The Kier molecular flexibility index (Phi) is 7.72. The highest BCUT2D eigenvalue weighted by Crippen LogP contribution is 2.29. The van der Waals surface area contributed by atoms with Gasteiger partial charge in [-0.15, -0.1) is 0 Å². The molecule has 0 spiro atoms. The molecule has 0 aromatic heterocycles. The van der Waals surface area contributed by atoms with Gasteiger partial charge in [-0.3, -0.25) is 9.59 Å². The fourth-order valence-corrected chi connectivity index (χ4v) is 2.69. The Hall–Kier alpha value is -2.28. The van der Waals surface area contributed by atoms with Crippen molar-refractivity contribution in [3.63, 3.8) is 0 Å². The summed E-state index contributed by atoms with van der Waals surface area (Å²) in [4.78, 5) is 23.8. The van der Waals surface area contributed by atoms with Crippen LogP contribution < -0.4 is 21.7 Å². The maximum absolute atomic E-state index is 11.9. The van der Waals surface area contributed by atoms with E-state index in [1.165, 1.54) is 0 Å². The Morgan fingerprint density at radius 3 is 2.31 bits per heavy atom. The quantitative estimate of drug-likeness (QED) is 0.406. The maximum Gasteiger partial charge on any atom is 0.238 e. The fraction of sp³-hybridized carbons (Fsp3) is 0.222. The number of hydrogen-bond acceptors (Lipinski definition) is 4. The highest BCUT2D eigenvalue weighted by Gasteiger charge is 2.09. The van der Waals surface area contributed by atoms with Gasteiger partial charge in [0.15, 0.2) is 0 Å². The number of halogens is 2. The predicted molar refractivity (Wildman–Crippen MR) is 107 cm³/mol. The van der Waals surface area contributed by atoms with E-state index in [-0.39, 0.29) is 18.4 Å². The third-order valence-electron chi connectivity index (χ3n) is 3.51. The number of benzene rings is 2. The van der Waals surface area contributed by atoms with Crippen molar-refractivity contribution < 1.29 is 9.59 Å². The lowest BCUT2D eigenvalue weighted by atomic mass is 10.2. The minimum absolute atomic E-state index is 0.0921. The summed E-state index contributed by atoms with van der Waals surface area (Å²) < 4.78 is 0. The van der Waals surface area contributed by atoms with Crippen LogP contribution in [0, 0.1) is 0 Å². The van der Waals surface area contributed by atoms with Crippen LogP contribution in [0.4, 0.5) is 17.1 Å². The van der Waals surface area contributed by atoms with Crippen molar-refractivity contribution in [1.29, 1.82) is 0 Å². The molecule has 0 saturated carbocycles. The van der Waals surface area contributed by atoms with Crippen LogP contribution in [0.3, 0.4) is 0 Å². The van der Waals surface area contributed by atoms with Crippen molar-refractivity contribution in [3.8, 4) is 0 Å². The zero-order chi connectivity index (χ0) is 18.9. The molecule has 138 valence electrons. The second-order valence-electron chi connectivity index (χ2n) is 5.56. The molecule has 0 aliphatic rings. The molecule has 2 rings (SSSR count). The highest BCUT2D eigenvalue weighted by atomic mass is 35.5. The predicted octanol–water partition coefficient (Wildman–Crippen LogP) is 3.52. The molecular formula is C18H20Cl2N4O2. The van der Waals surface area contributed by atoms with Crippen molar-refractivity contribution in [1.82, 2.24) is 5.32 Å². The number of hydrogen-bond donors (Lipinski definition) is 4. The lowest BCUT2D eigenvalue weighted by Crippen LogP contribution is -2.29. The number of para-hydroxylation sites is 3. The van der Waals surface area contributed by atoms with Gasteiger partial charge in [-0.05, 0) is 37.2 Å². The zero-order valence-electron chi connectivity index (χ0n) is 14.0. The summed E-state index contributed by atoms with van der Waals surface area (Å²) in [6.45, 7) is 0.607. The fourth-order valence-electron chi connectivity index (χ4n) is 2.20. The smallest absolute Gasteiger partial charge is 0.238 e. The van der Waals surface area contributed by atoms with E-state index in [1.807, 2.05) is 0 Å². The lowest BCUT2D eigenvalue weighted by Gasteiger charge is -2.10. The average molecular weight is 395 g/mol. The summed E-state index contributed by atoms with van der Waals surface area (Å²) in [5.41, 5.74) is 7.28. The van der Waals surface area contributed by atoms with E-state index in [2.05, 4.69) is 16.0 Å². The Morgan fingerprint density at radius 1 is 0.923 bits per heavy atom. The van der Waals surface area contributed by atoms with Gasteiger partial charge >= 0.3 is 0 Å². The van der Waals surface area contributed by atoms with E-state index < -0.39 is 0 Å². The molecule has 26 heavy (non-hydrogen) atoms. The van der Waals surface area contributed by atoms with Crippen LogP contribution in [0.2, 0.25) is 10.0 Å². The van der Waals surface area contributed by atoms with Gasteiger partial charge in [-0.25, -0.2) is 0 Å². The molecule has 0 aliphatic carbocycles. The Bertz CT molecular complexity index is 763. The van der Waals surface area contributed by atoms with Gasteiger partial charge in [0.25, 0.3) is 0 Å². The molecule has 6 nitrogen and oxygen atoms in total. The van der Waals surface area contributed by atoms with Crippen LogP contribution in [0.25, 0.3) is 0 Å². The van der Waals surface area contributed by atoms with Gasteiger partial charge in [-0.2, -0.15) is 0 Å². The minimum Gasteiger partial charge on any atom is -0.397 e. The third-order valence-corrected chi connectivity index (χ3v) is 4.13. The Balaban J connectivity index is 1.65. The van der Waals surface area contributed by atoms with Crippen molar-refractivity contribution >= 4 is 52.1 Å². The molecule has 0 heterocycles. The highest BCUT2D eigenvalue weighted by molar-refractivity contribution is 6.39. The first-order valence-electron chi connectivity index (χ1n) is 8.06. The number of nitrogen functional groups attached to an aromatic ring is 1. The normalized spacial score (nSPS) is 10.4. The van der Waals surface area contributed by atoms with Gasteiger partial charge in [0, 0.05) is 6.42 Å². The van der Waals surface area contributed by atoms with E-state index in [1.54, 1.807) is 42.5 Å². The average Bonchev–Trinajstić information content (AvgIpc) is 2.60. The monoisotopic (exact) mass is 394 g/mol. The van der Waals surface area contributed by atoms with Crippen LogP contribution in [0.1, 0.15) is 12.8 Å².